The molecule has 0 bridgehead atoms. The summed E-state index contributed by atoms with van der Waals surface area (Å²) in [5.74, 6) is 0. The van der Waals surface area contributed by atoms with E-state index in [1.807, 2.05) is 18.6 Å². The Hall–Kier alpha value is -2.55. The fourth-order valence-electron chi connectivity index (χ4n) is 2.92. The average molecular weight is 275 g/mol. The SMILES string of the molecule is c1ccc(-c2cncn2-c2ccc3c(c2)NCCC3)cc1. The van der Waals surface area contributed by atoms with Crippen LogP contribution in [0.25, 0.3) is 16.9 Å². The standard InChI is InChI=1S/C18H17N3/c1-2-5-15(6-3-1)18-12-19-13-21(18)16-9-8-14-7-4-10-20-17(14)11-16/h1-3,5-6,8-9,11-13,20H,4,7,10H2. The molecule has 1 N–H and O–H groups in total. The third kappa shape index (κ3) is 2.21. The van der Waals surface area contributed by atoms with E-state index in [4.69, 9.17) is 0 Å². The van der Waals surface area contributed by atoms with Gasteiger partial charge in [-0.25, -0.2) is 4.98 Å². The maximum atomic E-state index is 4.33. The number of hydrogen-bond acceptors (Lipinski definition) is 2. The number of anilines is 1. The van der Waals surface area contributed by atoms with E-state index in [2.05, 4.69) is 57.3 Å². The molecule has 0 spiro atoms. The third-order valence-electron chi connectivity index (χ3n) is 4.02. The number of aromatic nitrogens is 2. The van der Waals surface area contributed by atoms with E-state index in [9.17, 15) is 0 Å². The number of nitrogens with zero attached hydrogens (tertiary/aromatic N) is 2. The van der Waals surface area contributed by atoms with Crippen LogP contribution in [0.15, 0.2) is 61.1 Å². The molecule has 1 aliphatic rings. The van der Waals surface area contributed by atoms with E-state index in [1.54, 1.807) is 0 Å². The van der Waals surface area contributed by atoms with Crippen molar-refractivity contribution in [2.75, 3.05) is 11.9 Å². The molecule has 0 unspecified atom stereocenters. The molecule has 3 nitrogen and oxygen atoms in total. The Balaban J connectivity index is 1.80. The summed E-state index contributed by atoms with van der Waals surface area (Å²) in [4.78, 5) is 4.33. The highest BCUT2D eigenvalue weighted by atomic mass is 15.1. The number of benzene rings is 2. The van der Waals surface area contributed by atoms with Gasteiger partial charge in [-0.05, 0) is 30.5 Å². The molecule has 0 radical (unpaired) electrons. The summed E-state index contributed by atoms with van der Waals surface area (Å²) in [5, 5.41) is 3.49. The number of fused-ring (bicyclic) bond motifs is 1. The molecular weight excluding hydrogens is 258 g/mol. The third-order valence-corrected chi connectivity index (χ3v) is 4.02. The molecule has 2 aromatic carbocycles. The van der Waals surface area contributed by atoms with Crippen molar-refractivity contribution in [2.45, 2.75) is 12.8 Å². The van der Waals surface area contributed by atoms with Gasteiger partial charge in [0, 0.05) is 23.5 Å². The van der Waals surface area contributed by atoms with Crippen molar-refractivity contribution in [2.24, 2.45) is 0 Å². The van der Waals surface area contributed by atoms with Crippen molar-refractivity contribution in [3.8, 4) is 16.9 Å². The number of imidazole rings is 1. The van der Waals surface area contributed by atoms with E-state index < -0.39 is 0 Å². The van der Waals surface area contributed by atoms with Gasteiger partial charge in [-0.1, -0.05) is 36.4 Å². The normalized spacial score (nSPS) is 13.5. The van der Waals surface area contributed by atoms with Gasteiger partial charge < -0.3 is 5.32 Å². The molecule has 3 heteroatoms. The molecule has 0 fully saturated rings. The van der Waals surface area contributed by atoms with Crippen LogP contribution in [0, 0.1) is 0 Å². The lowest BCUT2D eigenvalue weighted by atomic mass is 10.0. The van der Waals surface area contributed by atoms with Crippen LogP contribution >= 0.6 is 0 Å². The van der Waals surface area contributed by atoms with E-state index in [0.717, 1.165) is 24.3 Å². The highest BCUT2D eigenvalue weighted by molar-refractivity contribution is 5.64. The summed E-state index contributed by atoms with van der Waals surface area (Å²) in [6.45, 7) is 1.06. The smallest absolute Gasteiger partial charge is 0.0997 e. The summed E-state index contributed by atoms with van der Waals surface area (Å²) in [6, 6.07) is 17.0. The van der Waals surface area contributed by atoms with Crippen LogP contribution in [0.3, 0.4) is 0 Å². The Labute approximate surface area is 124 Å². The topological polar surface area (TPSA) is 29.9 Å². The molecule has 0 saturated heterocycles. The number of rotatable bonds is 2. The Morgan fingerprint density at radius 2 is 1.95 bits per heavy atom. The molecule has 0 atom stereocenters. The van der Waals surface area contributed by atoms with Crippen molar-refractivity contribution < 1.29 is 0 Å². The zero-order valence-electron chi connectivity index (χ0n) is 11.8. The van der Waals surface area contributed by atoms with Crippen molar-refractivity contribution in [3.63, 3.8) is 0 Å². The Morgan fingerprint density at radius 1 is 1.05 bits per heavy atom. The molecular formula is C18H17N3. The van der Waals surface area contributed by atoms with Gasteiger partial charge in [-0.3, -0.25) is 4.57 Å². The van der Waals surface area contributed by atoms with Crippen molar-refractivity contribution in [1.82, 2.24) is 9.55 Å². The van der Waals surface area contributed by atoms with Gasteiger partial charge in [0.1, 0.15) is 0 Å². The monoisotopic (exact) mass is 275 g/mol. The number of aryl methyl sites for hydroxylation is 1. The summed E-state index contributed by atoms with van der Waals surface area (Å²) in [5.41, 5.74) is 6.12. The molecule has 1 aromatic heterocycles. The van der Waals surface area contributed by atoms with Crippen LogP contribution in [0.2, 0.25) is 0 Å². The van der Waals surface area contributed by atoms with Crippen LogP contribution in [0.1, 0.15) is 12.0 Å². The van der Waals surface area contributed by atoms with E-state index >= 15 is 0 Å². The molecule has 0 saturated carbocycles. The highest BCUT2D eigenvalue weighted by Gasteiger charge is 2.11. The van der Waals surface area contributed by atoms with Gasteiger partial charge in [0.25, 0.3) is 0 Å². The Kier molecular flexibility index (Phi) is 2.96. The first kappa shape index (κ1) is 12.2. The molecule has 0 aliphatic carbocycles. The second-order valence-electron chi connectivity index (χ2n) is 5.39. The second kappa shape index (κ2) is 5.09. The van der Waals surface area contributed by atoms with Crippen molar-refractivity contribution >= 4 is 5.69 Å². The zero-order valence-corrected chi connectivity index (χ0v) is 11.8. The van der Waals surface area contributed by atoms with Gasteiger partial charge in [0.2, 0.25) is 0 Å². The van der Waals surface area contributed by atoms with Crippen LogP contribution in [-0.2, 0) is 6.42 Å². The predicted molar refractivity (Wildman–Crippen MR) is 85.8 cm³/mol. The van der Waals surface area contributed by atoms with Gasteiger partial charge in [0.15, 0.2) is 0 Å². The lowest BCUT2D eigenvalue weighted by Crippen LogP contribution is -2.12. The minimum atomic E-state index is 1.06. The first-order valence-electron chi connectivity index (χ1n) is 7.37. The summed E-state index contributed by atoms with van der Waals surface area (Å²) in [6.07, 6.45) is 6.18. The summed E-state index contributed by atoms with van der Waals surface area (Å²) in [7, 11) is 0. The lowest BCUT2D eigenvalue weighted by molar-refractivity contribution is 0.829. The minimum Gasteiger partial charge on any atom is -0.385 e. The maximum Gasteiger partial charge on any atom is 0.0997 e. The summed E-state index contributed by atoms with van der Waals surface area (Å²) < 4.78 is 2.14. The molecule has 0 amide bonds. The Bertz CT molecular complexity index is 759. The summed E-state index contributed by atoms with van der Waals surface area (Å²) >= 11 is 0. The van der Waals surface area contributed by atoms with Crippen LogP contribution in [-0.4, -0.2) is 16.1 Å². The molecule has 104 valence electrons. The van der Waals surface area contributed by atoms with E-state index in [-0.39, 0.29) is 0 Å². The largest absolute Gasteiger partial charge is 0.385 e. The molecule has 21 heavy (non-hydrogen) atoms. The number of nitrogens with one attached hydrogen (secondary N) is 1. The zero-order chi connectivity index (χ0) is 14.1. The first-order valence-corrected chi connectivity index (χ1v) is 7.37. The van der Waals surface area contributed by atoms with Crippen LogP contribution < -0.4 is 5.32 Å². The minimum absolute atomic E-state index is 1.06. The van der Waals surface area contributed by atoms with Gasteiger partial charge >= 0.3 is 0 Å². The fraction of sp³-hybridized carbons (Fsp3) is 0.167. The first-order chi connectivity index (χ1) is 10.4. The molecule has 1 aliphatic heterocycles. The Morgan fingerprint density at radius 3 is 2.86 bits per heavy atom. The van der Waals surface area contributed by atoms with Crippen LogP contribution in [0.5, 0.6) is 0 Å². The quantitative estimate of drug-likeness (QED) is 0.768. The lowest BCUT2D eigenvalue weighted by Gasteiger charge is -2.19. The highest BCUT2D eigenvalue weighted by Crippen LogP contribution is 2.28. The second-order valence-corrected chi connectivity index (χ2v) is 5.39. The van der Waals surface area contributed by atoms with Crippen molar-refractivity contribution in [3.05, 3.63) is 66.6 Å². The fourth-order valence-corrected chi connectivity index (χ4v) is 2.92. The van der Waals surface area contributed by atoms with Gasteiger partial charge in [-0.15, -0.1) is 0 Å². The molecule has 3 aromatic rings. The molecule has 2 heterocycles. The average Bonchev–Trinajstić information content (AvgIpc) is 3.05. The van der Waals surface area contributed by atoms with Crippen LogP contribution in [0.4, 0.5) is 5.69 Å². The molecule has 4 rings (SSSR count). The van der Waals surface area contributed by atoms with Crippen molar-refractivity contribution in [1.29, 1.82) is 0 Å². The van der Waals surface area contributed by atoms with Gasteiger partial charge in [-0.2, -0.15) is 0 Å². The van der Waals surface area contributed by atoms with Gasteiger partial charge in [0.05, 0.1) is 18.2 Å². The number of hydrogen-bond donors (Lipinski definition) is 1. The van der Waals surface area contributed by atoms with E-state index in [1.165, 1.54) is 23.2 Å². The maximum absolute atomic E-state index is 4.33. The van der Waals surface area contributed by atoms with E-state index in [0.29, 0.717) is 0 Å². The predicted octanol–water partition coefficient (Wildman–Crippen LogP) is 3.90.